The first-order valence-electron chi connectivity index (χ1n) is 10.2. The zero-order chi connectivity index (χ0) is 21.4. The van der Waals surface area contributed by atoms with Crippen LogP contribution in [-0.4, -0.2) is 22.8 Å². The molecule has 1 fully saturated rings. The fourth-order valence-electron chi connectivity index (χ4n) is 3.81. The van der Waals surface area contributed by atoms with Gasteiger partial charge in [0.05, 0.1) is 28.4 Å². The minimum absolute atomic E-state index is 0.171. The molecular weight excluding hydrogens is 406 g/mol. The fourth-order valence-corrected chi connectivity index (χ4v) is 4.88. The van der Waals surface area contributed by atoms with E-state index in [1.807, 2.05) is 60.7 Å². The topological polar surface area (TPSA) is 62.3 Å². The standard InChI is InChI=1S/C25H21N3O2S/c1-16-7-12-20-22(13-16)31-24(27-20)18-8-10-19(11-9-18)28-23(29)14-21(25(28)30)26-15-17-5-3-2-4-6-17/h2-13,21,26H,14-15H2,1H3/t21-/m0/s1. The van der Waals surface area contributed by atoms with Crippen LogP contribution in [0.1, 0.15) is 17.5 Å². The van der Waals surface area contributed by atoms with E-state index < -0.39 is 6.04 Å². The smallest absolute Gasteiger partial charge is 0.251 e. The second kappa shape index (κ2) is 8.06. The molecule has 5 rings (SSSR count). The minimum Gasteiger partial charge on any atom is -0.301 e. The van der Waals surface area contributed by atoms with Crippen LogP contribution in [0.25, 0.3) is 20.8 Å². The number of imide groups is 1. The molecule has 0 bridgehead atoms. The molecule has 5 nitrogen and oxygen atoms in total. The number of nitrogens with one attached hydrogen (secondary N) is 1. The van der Waals surface area contributed by atoms with Crippen molar-refractivity contribution < 1.29 is 9.59 Å². The number of anilines is 1. The number of carbonyl (C=O) groups is 2. The highest BCUT2D eigenvalue weighted by Gasteiger charge is 2.39. The van der Waals surface area contributed by atoms with Crippen LogP contribution in [0.3, 0.4) is 0 Å². The van der Waals surface area contributed by atoms with Gasteiger partial charge in [0, 0.05) is 12.1 Å². The number of thiazole rings is 1. The Kier molecular flexibility index (Phi) is 5.10. The zero-order valence-electron chi connectivity index (χ0n) is 17.0. The second-order valence-electron chi connectivity index (χ2n) is 7.73. The van der Waals surface area contributed by atoms with Gasteiger partial charge in [-0.15, -0.1) is 11.3 Å². The average Bonchev–Trinajstić information content (AvgIpc) is 3.33. The predicted molar refractivity (Wildman–Crippen MR) is 124 cm³/mol. The normalized spacial score (nSPS) is 16.4. The Morgan fingerprint density at radius 1 is 1.03 bits per heavy atom. The summed E-state index contributed by atoms with van der Waals surface area (Å²) in [7, 11) is 0. The Labute approximate surface area is 184 Å². The van der Waals surface area contributed by atoms with Crippen LogP contribution < -0.4 is 10.2 Å². The largest absolute Gasteiger partial charge is 0.301 e. The minimum atomic E-state index is -0.500. The monoisotopic (exact) mass is 427 g/mol. The SMILES string of the molecule is Cc1ccc2nc(-c3ccc(N4C(=O)C[C@H](NCc5ccccc5)C4=O)cc3)sc2c1. The van der Waals surface area contributed by atoms with E-state index >= 15 is 0 Å². The van der Waals surface area contributed by atoms with Gasteiger partial charge in [0.25, 0.3) is 5.91 Å². The number of amides is 2. The van der Waals surface area contributed by atoms with Crippen molar-refractivity contribution in [3.05, 3.63) is 83.9 Å². The predicted octanol–water partition coefficient (Wildman–Crippen LogP) is 4.69. The molecule has 0 saturated carbocycles. The van der Waals surface area contributed by atoms with Crippen molar-refractivity contribution in [3.8, 4) is 10.6 Å². The van der Waals surface area contributed by atoms with Crippen molar-refractivity contribution in [1.29, 1.82) is 0 Å². The lowest BCUT2D eigenvalue weighted by Crippen LogP contribution is -2.38. The number of hydrogen-bond acceptors (Lipinski definition) is 5. The fraction of sp³-hybridized carbons (Fsp3) is 0.160. The molecule has 1 N–H and O–H groups in total. The third kappa shape index (κ3) is 3.87. The van der Waals surface area contributed by atoms with Gasteiger partial charge in [0.2, 0.25) is 5.91 Å². The van der Waals surface area contributed by atoms with E-state index in [4.69, 9.17) is 4.98 Å². The maximum absolute atomic E-state index is 12.9. The van der Waals surface area contributed by atoms with Gasteiger partial charge in [-0.3, -0.25) is 9.59 Å². The van der Waals surface area contributed by atoms with Crippen molar-refractivity contribution in [3.63, 3.8) is 0 Å². The van der Waals surface area contributed by atoms with Crippen LogP contribution in [0, 0.1) is 6.92 Å². The Morgan fingerprint density at radius 2 is 1.81 bits per heavy atom. The molecule has 0 spiro atoms. The highest BCUT2D eigenvalue weighted by molar-refractivity contribution is 7.21. The molecule has 2 amide bonds. The van der Waals surface area contributed by atoms with Crippen LogP contribution in [0.4, 0.5) is 5.69 Å². The zero-order valence-corrected chi connectivity index (χ0v) is 17.9. The van der Waals surface area contributed by atoms with E-state index in [0.717, 1.165) is 26.4 Å². The van der Waals surface area contributed by atoms with Gasteiger partial charge in [-0.05, 0) is 54.4 Å². The number of hydrogen-bond donors (Lipinski definition) is 1. The summed E-state index contributed by atoms with van der Waals surface area (Å²) in [6.07, 6.45) is 0.171. The maximum atomic E-state index is 12.9. The molecular formula is C25H21N3O2S. The lowest BCUT2D eigenvalue weighted by molar-refractivity contribution is -0.121. The molecule has 154 valence electrons. The van der Waals surface area contributed by atoms with Crippen molar-refractivity contribution >= 4 is 39.1 Å². The van der Waals surface area contributed by atoms with Crippen molar-refractivity contribution in [2.24, 2.45) is 0 Å². The molecule has 4 aromatic rings. The van der Waals surface area contributed by atoms with Crippen molar-refractivity contribution in [1.82, 2.24) is 10.3 Å². The maximum Gasteiger partial charge on any atom is 0.251 e. The Hall–Kier alpha value is -3.35. The first-order chi connectivity index (χ1) is 15.1. The molecule has 0 unspecified atom stereocenters. The van der Waals surface area contributed by atoms with Crippen molar-refractivity contribution in [2.75, 3.05) is 4.90 Å². The third-order valence-corrected chi connectivity index (χ3v) is 6.53. The number of carbonyl (C=O) groups excluding carboxylic acids is 2. The summed E-state index contributed by atoms with van der Waals surface area (Å²) in [6.45, 7) is 2.62. The summed E-state index contributed by atoms with van der Waals surface area (Å²) in [5, 5.41) is 4.14. The molecule has 1 saturated heterocycles. The van der Waals surface area contributed by atoms with E-state index in [2.05, 4.69) is 24.4 Å². The Morgan fingerprint density at radius 3 is 2.58 bits per heavy atom. The molecule has 1 aliphatic rings. The number of aryl methyl sites for hydroxylation is 1. The van der Waals surface area contributed by atoms with Crippen LogP contribution in [0.5, 0.6) is 0 Å². The van der Waals surface area contributed by atoms with Crippen LogP contribution in [0.2, 0.25) is 0 Å². The molecule has 0 aliphatic carbocycles. The molecule has 2 heterocycles. The number of nitrogens with zero attached hydrogens (tertiary/aromatic N) is 2. The summed E-state index contributed by atoms with van der Waals surface area (Å²) in [5.74, 6) is -0.386. The molecule has 0 radical (unpaired) electrons. The highest BCUT2D eigenvalue weighted by atomic mass is 32.1. The molecule has 1 aromatic heterocycles. The lowest BCUT2D eigenvalue weighted by Gasteiger charge is -2.16. The van der Waals surface area contributed by atoms with E-state index in [1.54, 1.807) is 11.3 Å². The van der Waals surface area contributed by atoms with Gasteiger partial charge in [-0.25, -0.2) is 9.88 Å². The summed E-state index contributed by atoms with van der Waals surface area (Å²) in [4.78, 5) is 31.4. The van der Waals surface area contributed by atoms with Gasteiger partial charge >= 0.3 is 0 Å². The first kappa shape index (κ1) is 19.6. The molecule has 1 atom stereocenters. The number of benzene rings is 3. The quantitative estimate of drug-likeness (QED) is 0.469. The summed E-state index contributed by atoms with van der Waals surface area (Å²) in [5.41, 5.74) is 4.84. The Balaban J connectivity index is 1.32. The van der Waals surface area contributed by atoms with Crippen LogP contribution >= 0.6 is 11.3 Å². The number of fused-ring (bicyclic) bond motifs is 1. The number of rotatable bonds is 5. The number of aromatic nitrogens is 1. The van der Waals surface area contributed by atoms with Crippen molar-refractivity contribution in [2.45, 2.75) is 25.9 Å². The Bertz CT molecular complexity index is 1270. The van der Waals surface area contributed by atoms with Gasteiger partial charge in [0.15, 0.2) is 0 Å². The van der Waals surface area contributed by atoms with Gasteiger partial charge in [-0.2, -0.15) is 0 Å². The van der Waals surface area contributed by atoms with Gasteiger partial charge in [0.1, 0.15) is 5.01 Å². The van der Waals surface area contributed by atoms with E-state index in [-0.39, 0.29) is 18.2 Å². The summed E-state index contributed by atoms with van der Waals surface area (Å²) < 4.78 is 1.15. The third-order valence-electron chi connectivity index (χ3n) is 5.46. The molecule has 1 aliphatic heterocycles. The van der Waals surface area contributed by atoms with Crippen LogP contribution in [0.15, 0.2) is 72.8 Å². The average molecular weight is 428 g/mol. The van der Waals surface area contributed by atoms with Gasteiger partial charge in [-0.1, -0.05) is 36.4 Å². The first-order valence-corrected chi connectivity index (χ1v) is 11.0. The molecule has 3 aromatic carbocycles. The molecule has 31 heavy (non-hydrogen) atoms. The summed E-state index contributed by atoms with van der Waals surface area (Å²) >= 11 is 1.64. The highest BCUT2D eigenvalue weighted by Crippen LogP contribution is 2.32. The van der Waals surface area contributed by atoms with E-state index in [9.17, 15) is 9.59 Å². The summed E-state index contributed by atoms with van der Waals surface area (Å²) in [6, 6.07) is 23.1. The lowest BCUT2D eigenvalue weighted by atomic mass is 10.2. The second-order valence-corrected chi connectivity index (χ2v) is 8.76. The molecule has 6 heteroatoms. The van der Waals surface area contributed by atoms with Crippen LogP contribution in [-0.2, 0) is 16.1 Å². The van der Waals surface area contributed by atoms with E-state index in [0.29, 0.717) is 12.2 Å². The van der Waals surface area contributed by atoms with E-state index in [1.165, 1.54) is 10.5 Å². The van der Waals surface area contributed by atoms with Gasteiger partial charge < -0.3 is 5.32 Å².